The van der Waals surface area contributed by atoms with Crippen molar-refractivity contribution < 1.29 is 10.2 Å². The molecule has 2 heteroatoms. The number of phenols is 2. The quantitative estimate of drug-likeness (QED) is 0.710. The SMILES string of the molecule is CCc1c(C)c(O)cc(C(C)C)c1O. The summed E-state index contributed by atoms with van der Waals surface area (Å²) in [6.07, 6.45) is 0.742. The van der Waals surface area contributed by atoms with Crippen LogP contribution in [0.4, 0.5) is 0 Å². The fraction of sp³-hybridized carbons (Fsp3) is 0.500. The fourth-order valence-electron chi connectivity index (χ4n) is 1.70. The molecule has 0 aliphatic rings. The molecule has 0 saturated heterocycles. The minimum atomic E-state index is 0.229. The molecule has 0 aliphatic carbocycles. The lowest BCUT2D eigenvalue weighted by Gasteiger charge is -2.15. The van der Waals surface area contributed by atoms with Crippen LogP contribution in [0.1, 0.15) is 43.4 Å². The molecule has 2 nitrogen and oxygen atoms in total. The van der Waals surface area contributed by atoms with Crippen molar-refractivity contribution in [1.29, 1.82) is 0 Å². The van der Waals surface area contributed by atoms with Gasteiger partial charge in [0.15, 0.2) is 0 Å². The highest BCUT2D eigenvalue weighted by atomic mass is 16.3. The number of rotatable bonds is 2. The van der Waals surface area contributed by atoms with Crippen molar-refractivity contribution in [2.75, 3.05) is 0 Å². The average Bonchev–Trinajstić information content (AvgIpc) is 2.12. The Morgan fingerprint density at radius 2 is 1.86 bits per heavy atom. The van der Waals surface area contributed by atoms with E-state index in [2.05, 4.69) is 0 Å². The summed E-state index contributed by atoms with van der Waals surface area (Å²) < 4.78 is 0. The first-order chi connectivity index (χ1) is 6.49. The van der Waals surface area contributed by atoms with Gasteiger partial charge in [-0.3, -0.25) is 0 Å². The first kappa shape index (κ1) is 10.9. The maximum Gasteiger partial charge on any atom is 0.122 e. The highest BCUT2D eigenvalue weighted by Gasteiger charge is 2.14. The topological polar surface area (TPSA) is 40.5 Å². The summed E-state index contributed by atoms with van der Waals surface area (Å²) in [5.41, 5.74) is 2.47. The van der Waals surface area contributed by atoms with E-state index in [0.29, 0.717) is 5.75 Å². The molecule has 2 N–H and O–H groups in total. The van der Waals surface area contributed by atoms with E-state index in [9.17, 15) is 10.2 Å². The molecule has 0 heterocycles. The highest BCUT2D eigenvalue weighted by molar-refractivity contribution is 5.52. The van der Waals surface area contributed by atoms with Gasteiger partial charge in [0.1, 0.15) is 11.5 Å². The van der Waals surface area contributed by atoms with E-state index in [1.165, 1.54) is 0 Å². The molecule has 0 spiro atoms. The summed E-state index contributed by atoms with van der Waals surface area (Å²) >= 11 is 0. The molecule has 0 aliphatic heterocycles. The Balaban J connectivity index is 3.42. The minimum Gasteiger partial charge on any atom is -0.508 e. The Hall–Kier alpha value is -1.18. The average molecular weight is 194 g/mol. The first-order valence-corrected chi connectivity index (χ1v) is 5.03. The third kappa shape index (κ3) is 1.69. The Labute approximate surface area is 85.2 Å². The lowest BCUT2D eigenvalue weighted by molar-refractivity contribution is 0.442. The Morgan fingerprint density at radius 1 is 1.29 bits per heavy atom. The van der Waals surface area contributed by atoms with Gasteiger partial charge < -0.3 is 10.2 Å². The van der Waals surface area contributed by atoms with Crippen LogP contribution in [0.2, 0.25) is 0 Å². The van der Waals surface area contributed by atoms with Crippen molar-refractivity contribution in [3.8, 4) is 11.5 Å². The number of hydrogen-bond donors (Lipinski definition) is 2. The zero-order chi connectivity index (χ0) is 10.9. The lowest BCUT2D eigenvalue weighted by atomic mass is 9.94. The molecule has 1 aromatic rings. The monoisotopic (exact) mass is 194 g/mol. The molecule has 0 radical (unpaired) electrons. The predicted molar refractivity (Wildman–Crippen MR) is 58.0 cm³/mol. The highest BCUT2D eigenvalue weighted by Crippen LogP contribution is 2.36. The van der Waals surface area contributed by atoms with Gasteiger partial charge in [0.25, 0.3) is 0 Å². The molecule has 1 rings (SSSR count). The maximum absolute atomic E-state index is 9.95. The summed E-state index contributed by atoms with van der Waals surface area (Å²) in [5, 5.41) is 19.6. The second kappa shape index (κ2) is 3.91. The van der Waals surface area contributed by atoms with Crippen LogP contribution in [0.3, 0.4) is 0 Å². The lowest BCUT2D eigenvalue weighted by Crippen LogP contribution is -1.95. The molecule has 1 aromatic carbocycles. The Morgan fingerprint density at radius 3 is 2.29 bits per heavy atom. The summed E-state index contributed by atoms with van der Waals surface area (Å²) in [4.78, 5) is 0. The van der Waals surface area contributed by atoms with Crippen LogP contribution in [0.25, 0.3) is 0 Å². The molecular formula is C12H18O2. The van der Waals surface area contributed by atoms with Crippen molar-refractivity contribution in [2.45, 2.75) is 40.0 Å². The predicted octanol–water partition coefficient (Wildman–Crippen LogP) is 3.09. The van der Waals surface area contributed by atoms with E-state index in [0.717, 1.165) is 23.1 Å². The molecule has 0 aromatic heterocycles. The van der Waals surface area contributed by atoms with Crippen LogP contribution in [0, 0.1) is 6.92 Å². The largest absolute Gasteiger partial charge is 0.508 e. The van der Waals surface area contributed by atoms with Gasteiger partial charge in [-0.05, 0) is 30.9 Å². The maximum atomic E-state index is 9.95. The van der Waals surface area contributed by atoms with Crippen molar-refractivity contribution in [2.24, 2.45) is 0 Å². The fourth-order valence-corrected chi connectivity index (χ4v) is 1.70. The van der Waals surface area contributed by atoms with E-state index in [-0.39, 0.29) is 11.7 Å². The number of hydrogen-bond acceptors (Lipinski definition) is 2. The van der Waals surface area contributed by atoms with E-state index in [1.54, 1.807) is 6.07 Å². The summed E-state index contributed by atoms with van der Waals surface area (Å²) in [6, 6.07) is 1.66. The number of aromatic hydroxyl groups is 2. The standard InChI is InChI=1S/C12H18O2/c1-5-9-8(4)11(13)6-10(7(2)3)12(9)14/h6-7,13-14H,5H2,1-4H3. The number of phenolic OH excluding ortho intramolecular Hbond substituents is 2. The van der Waals surface area contributed by atoms with Crippen molar-refractivity contribution in [3.05, 3.63) is 22.8 Å². The third-order valence-corrected chi connectivity index (χ3v) is 2.66. The summed E-state index contributed by atoms with van der Waals surface area (Å²) in [7, 11) is 0. The van der Waals surface area contributed by atoms with Crippen LogP contribution in [0.15, 0.2) is 6.07 Å². The normalized spacial score (nSPS) is 10.9. The molecule has 14 heavy (non-hydrogen) atoms. The van der Waals surface area contributed by atoms with E-state index >= 15 is 0 Å². The van der Waals surface area contributed by atoms with Crippen molar-refractivity contribution in [1.82, 2.24) is 0 Å². The molecule has 0 amide bonds. The number of benzene rings is 1. The summed E-state index contributed by atoms with van der Waals surface area (Å²) in [6.45, 7) is 7.82. The van der Waals surface area contributed by atoms with Gasteiger partial charge in [-0.25, -0.2) is 0 Å². The second-order valence-electron chi connectivity index (χ2n) is 3.95. The van der Waals surface area contributed by atoms with E-state index < -0.39 is 0 Å². The van der Waals surface area contributed by atoms with Crippen LogP contribution in [-0.4, -0.2) is 10.2 Å². The molecule has 0 unspecified atom stereocenters. The van der Waals surface area contributed by atoms with Crippen molar-refractivity contribution >= 4 is 0 Å². The molecule has 0 fully saturated rings. The van der Waals surface area contributed by atoms with E-state index in [1.807, 2.05) is 27.7 Å². The zero-order valence-corrected chi connectivity index (χ0v) is 9.26. The first-order valence-electron chi connectivity index (χ1n) is 5.03. The van der Waals surface area contributed by atoms with Gasteiger partial charge in [0.2, 0.25) is 0 Å². The van der Waals surface area contributed by atoms with Crippen LogP contribution < -0.4 is 0 Å². The van der Waals surface area contributed by atoms with Crippen LogP contribution in [0.5, 0.6) is 11.5 Å². The second-order valence-corrected chi connectivity index (χ2v) is 3.95. The molecular weight excluding hydrogens is 176 g/mol. The van der Waals surface area contributed by atoms with Crippen molar-refractivity contribution in [3.63, 3.8) is 0 Å². The third-order valence-electron chi connectivity index (χ3n) is 2.66. The van der Waals surface area contributed by atoms with Gasteiger partial charge in [-0.2, -0.15) is 0 Å². The van der Waals surface area contributed by atoms with Gasteiger partial charge >= 0.3 is 0 Å². The molecule has 0 bridgehead atoms. The van der Waals surface area contributed by atoms with Crippen LogP contribution >= 0.6 is 0 Å². The Bertz CT molecular complexity index is 341. The van der Waals surface area contributed by atoms with Gasteiger partial charge in [-0.1, -0.05) is 20.8 Å². The van der Waals surface area contributed by atoms with Gasteiger partial charge in [0, 0.05) is 11.1 Å². The van der Waals surface area contributed by atoms with Crippen LogP contribution in [-0.2, 0) is 6.42 Å². The zero-order valence-electron chi connectivity index (χ0n) is 9.26. The Kier molecular flexibility index (Phi) is 3.04. The summed E-state index contributed by atoms with van der Waals surface area (Å²) in [5.74, 6) is 0.855. The molecule has 78 valence electrons. The molecule has 0 saturated carbocycles. The minimum absolute atomic E-state index is 0.229. The van der Waals surface area contributed by atoms with Gasteiger partial charge in [-0.15, -0.1) is 0 Å². The van der Waals surface area contributed by atoms with Gasteiger partial charge in [0.05, 0.1) is 0 Å². The van der Waals surface area contributed by atoms with E-state index in [4.69, 9.17) is 0 Å². The molecule has 0 atom stereocenters. The smallest absolute Gasteiger partial charge is 0.122 e.